The number of hydroxylamine groups is 1. The summed E-state index contributed by atoms with van der Waals surface area (Å²) < 4.78 is 0. The van der Waals surface area contributed by atoms with Gasteiger partial charge in [0.05, 0.1) is 22.6 Å². The van der Waals surface area contributed by atoms with Crippen LogP contribution in [-0.2, 0) is 0 Å². The molecule has 1 amide bonds. The third kappa shape index (κ3) is 3.04. The highest BCUT2D eigenvalue weighted by Crippen LogP contribution is 2.39. The van der Waals surface area contributed by atoms with Gasteiger partial charge in [-0.25, -0.2) is 10.5 Å². The molecule has 28 heavy (non-hydrogen) atoms. The van der Waals surface area contributed by atoms with Gasteiger partial charge in [-0.15, -0.1) is 0 Å². The number of nitrogens with zero attached hydrogens (tertiary/aromatic N) is 3. The van der Waals surface area contributed by atoms with Crippen LogP contribution >= 0.6 is 0 Å². The molecule has 0 bridgehead atoms. The largest absolute Gasteiger partial charge is 0.321 e. The highest BCUT2D eigenvalue weighted by molar-refractivity contribution is 6.00. The van der Waals surface area contributed by atoms with E-state index in [-0.39, 0.29) is 6.04 Å². The smallest absolute Gasteiger partial charge is 0.275 e. The summed E-state index contributed by atoms with van der Waals surface area (Å²) in [5.74, 6) is 0.209. The molecular formula is C22H20N4O2. The second-order valence-electron chi connectivity index (χ2n) is 6.81. The van der Waals surface area contributed by atoms with Crippen LogP contribution in [-0.4, -0.2) is 28.4 Å². The van der Waals surface area contributed by atoms with Gasteiger partial charge < -0.3 is 4.90 Å². The lowest BCUT2D eigenvalue weighted by molar-refractivity contribution is 0.0707. The molecule has 0 fully saturated rings. The number of pyridine rings is 1. The first kappa shape index (κ1) is 17.9. The number of carbonyl (C=O) groups is 1. The lowest BCUT2D eigenvalue weighted by Crippen LogP contribution is -2.27. The van der Waals surface area contributed by atoms with Gasteiger partial charge in [0.15, 0.2) is 0 Å². The summed E-state index contributed by atoms with van der Waals surface area (Å²) >= 11 is 0. The van der Waals surface area contributed by atoms with E-state index < -0.39 is 5.91 Å². The quantitative estimate of drug-likeness (QED) is 0.525. The topological polar surface area (TPSA) is 77.8 Å². The zero-order valence-electron chi connectivity index (χ0n) is 15.6. The molecule has 3 aromatic rings. The van der Waals surface area contributed by atoms with Crippen LogP contribution in [0.1, 0.15) is 29.8 Å². The van der Waals surface area contributed by atoms with Gasteiger partial charge in [0.25, 0.3) is 5.91 Å². The predicted octanol–water partition coefficient (Wildman–Crippen LogP) is 4.48. The number of hydrogen-bond donors (Lipinski definition) is 2. The molecule has 0 saturated heterocycles. The van der Waals surface area contributed by atoms with E-state index in [2.05, 4.69) is 23.7 Å². The minimum Gasteiger partial charge on any atom is -0.321 e. The number of benzene rings is 2. The Bertz CT molecular complexity index is 1080. The summed E-state index contributed by atoms with van der Waals surface area (Å²) in [6, 6.07) is 19.0. The lowest BCUT2D eigenvalue weighted by atomic mass is 10.0. The van der Waals surface area contributed by atoms with Crippen molar-refractivity contribution in [2.45, 2.75) is 19.9 Å². The first-order chi connectivity index (χ1) is 13.6. The van der Waals surface area contributed by atoms with Crippen LogP contribution in [0.3, 0.4) is 0 Å². The fourth-order valence-corrected chi connectivity index (χ4v) is 3.42. The van der Waals surface area contributed by atoms with Gasteiger partial charge in [0.2, 0.25) is 0 Å². The van der Waals surface area contributed by atoms with Crippen LogP contribution in [0.4, 0.5) is 17.2 Å². The molecular weight excluding hydrogens is 352 g/mol. The summed E-state index contributed by atoms with van der Waals surface area (Å²) in [5, 5.41) is 9.07. The number of hydrogen-bond acceptors (Lipinski definition) is 5. The summed E-state index contributed by atoms with van der Waals surface area (Å²) in [4.78, 5) is 23.7. The van der Waals surface area contributed by atoms with Crippen molar-refractivity contribution in [1.82, 2.24) is 10.5 Å². The average molecular weight is 372 g/mol. The molecule has 0 aliphatic carbocycles. The van der Waals surface area contributed by atoms with Gasteiger partial charge in [-0.3, -0.25) is 15.0 Å². The van der Waals surface area contributed by atoms with E-state index in [9.17, 15) is 4.79 Å². The van der Waals surface area contributed by atoms with E-state index in [1.54, 1.807) is 17.6 Å². The summed E-state index contributed by atoms with van der Waals surface area (Å²) in [5.41, 5.74) is 6.13. The number of anilines is 2. The van der Waals surface area contributed by atoms with Crippen LogP contribution in [0.5, 0.6) is 0 Å². The van der Waals surface area contributed by atoms with E-state index in [1.165, 1.54) is 0 Å². The molecule has 0 atom stereocenters. The van der Waals surface area contributed by atoms with Crippen LogP contribution in [0.2, 0.25) is 0 Å². The van der Waals surface area contributed by atoms with Gasteiger partial charge in [-0.2, -0.15) is 0 Å². The summed E-state index contributed by atoms with van der Waals surface area (Å²) in [7, 11) is 0. The maximum atomic E-state index is 12.1. The molecule has 1 aliphatic rings. The predicted molar refractivity (Wildman–Crippen MR) is 110 cm³/mol. The molecule has 6 heteroatoms. The van der Waals surface area contributed by atoms with E-state index >= 15 is 0 Å². The van der Waals surface area contributed by atoms with Crippen molar-refractivity contribution in [3.05, 3.63) is 71.8 Å². The molecule has 2 heterocycles. The molecule has 1 aliphatic heterocycles. The molecule has 140 valence electrons. The number of rotatable bonds is 3. The number of para-hydroxylation sites is 2. The third-order valence-electron chi connectivity index (χ3n) is 4.68. The maximum absolute atomic E-state index is 12.1. The van der Waals surface area contributed by atoms with E-state index in [4.69, 9.17) is 10.2 Å². The van der Waals surface area contributed by atoms with Crippen molar-refractivity contribution >= 4 is 29.3 Å². The molecule has 0 unspecified atom stereocenters. The van der Waals surface area contributed by atoms with Crippen LogP contribution in [0.25, 0.3) is 11.3 Å². The number of fused-ring (bicyclic) bond motifs is 2. The number of aliphatic imine (C=N–C) groups is 1. The third-order valence-corrected chi connectivity index (χ3v) is 4.68. The Hall–Kier alpha value is -3.51. The van der Waals surface area contributed by atoms with Crippen molar-refractivity contribution in [1.29, 1.82) is 0 Å². The second-order valence-corrected chi connectivity index (χ2v) is 6.81. The second kappa shape index (κ2) is 7.25. The fraction of sp³-hybridized carbons (Fsp3) is 0.136. The summed E-state index contributed by atoms with van der Waals surface area (Å²) in [6.45, 7) is 4.21. The van der Waals surface area contributed by atoms with E-state index in [1.807, 2.05) is 54.7 Å². The monoisotopic (exact) mass is 372 g/mol. The lowest BCUT2D eigenvalue weighted by Gasteiger charge is -2.29. The molecule has 0 radical (unpaired) electrons. The van der Waals surface area contributed by atoms with Crippen molar-refractivity contribution in [2.24, 2.45) is 4.99 Å². The first-order valence-corrected chi connectivity index (χ1v) is 9.07. The molecule has 0 saturated carbocycles. The number of aromatic nitrogens is 1. The molecule has 2 aromatic carbocycles. The Kier molecular flexibility index (Phi) is 4.63. The maximum Gasteiger partial charge on any atom is 0.275 e. The highest BCUT2D eigenvalue weighted by atomic mass is 16.5. The zero-order valence-corrected chi connectivity index (χ0v) is 15.6. The van der Waals surface area contributed by atoms with Crippen LogP contribution in [0.15, 0.2) is 65.7 Å². The SMILES string of the molecule is CC(C)N1c2ccccc2N=Cc2ccc(-c3ccccc3C(=O)NO)nc21. The molecule has 1 aromatic heterocycles. The first-order valence-electron chi connectivity index (χ1n) is 9.07. The van der Waals surface area contributed by atoms with Crippen molar-refractivity contribution in [3.8, 4) is 11.3 Å². The minimum atomic E-state index is -0.569. The molecule has 6 nitrogen and oxygen atoms in total. The normalized spacial score (nSPS) is 12.4. The molecule has 4 rings (SSSR count). The van der Waals surface area contributed by atoms with Crippen LogP contribution in [0, 0.1) is 0 Å². The fourth-order valence-electron chi connectivity index (χ4n) is 3.42. The van der Waals surface area contributed by atoms with Gasteiger partial charge >= 0.3 is 0 Å². The Balaban J connectivity index is 1.91. The van der Waals surface area contributed by atoms with E-state index in [0.29, 0.717) is 16.8 Å². The molecule has 2 N–H and O–H groups in total. The highest BCUT2D eigenvalue weighted by Gasteiger charge is 2.23. The minimum absolute atomic E-state index is 0.153. The van der Waals surface area contributed by atoms with Gasteiger partial charge in [0.1, 0.15) is 5.82 Å². The van der Waals surface area contributed by atoms with Gasteiger partial charge in [-0.05, 0) is 44.2 Å². The molecule has 0 spiro atoms. The van der Waals surface area contributed by atoms with E-state index in [0.717, 1.165) is 22.8 Å². The zero-order chi connectivity index (χ0) is 19.7. The van der Waals surface area contributed by atoms with Crippen molar-refractivity contribution < 1.29 is 10.0 Å². The number of carbonyl (C=O) groups excluding carboxylic acids is 1. The van der Waals surface area contributed by atoms with Crippen molar-refractivity contribution in [2.75, 3.05) is 4.90 Å². The average Bonchev–Trinajstić information content (AvgIpc) is 2.89. The Morgan fingerprint density at radius 3 is 2.57 bits per heavy atom. The Labute approximate surface area is 163 Å². The Morgan fingerprint density at radius 2 is 1.79 bits per heavy atom. The summed E-state index contributed by atoms with van der Waals surface area (Å²) in [6.07, 6.45) is 1.82. The number of amides is 1. The Morgan fingerprint density at radius 1 is 1.04 bits per heavy atom. The van der Waals surface area contributed by atoms with Crippen molar-refractivity contribution in [3.63, 3.8) is 0 Å². The van der Waals surface area contributed by atoms with Crippen LogP contribution < -0.4 is 10.4 Å². The standard InChI is InChI=1S/C22H20N4O2/c1-14(2)26-20-10-6-5-9-19(20)23-13-15-11-12-18(24-21(15)26)16-7-3-4-8-17(16)22(27)25-28/h3-14,28H,1-2H3,(H,25,27). The number of nitrogens with one attached hydrogen (secondary N) is 1. The van der Waals surface area contributed by atoms with Gasteiger partial charge in [-0.1, -0.05) is 30.3 Å². The van der Waals surface area contributed by atoms with Gasteiger partial charge in [0, 0.05) is 23.4 Å².